The summed E-state index contributed by atoms with van der Waals surface area (Å²) in [4.78, 5) is 22.6. The lowest BCUT2D eigenvalue weighted by Gasteiger charge is -2.12. The molecule has 0 aromatic heterocycles. The minimum Gasteiger partial charge on any atom is -0.493 e. The molecule has 1 saturated carbocycles. The second-order valence-corrected chi connectivity index (χ2v) is 5.02. The van der Waals surface area contributed by atoms with E-state index in [0.717, 1.165) is 12.2 Å². The number of aliphatic carboxylic acids is 1. The lowest BCUT2D eigenvalue weighted by molar-refractivity contribution is -0.141. The molecule has 0 bridgehead atoms. The largest absolute Gasteiger partial charge is 0.493 e. The molecule has 1 amide bonds. The fraction of sp³-hybridized carbons (Fsp3) is 0.467. The van der Waals surface area contributed by atoms with Gasteiger partial charge in [0.25, 0.3) is 0 Å². The molecule has 1 aliphatic carbocycles. The number of carboxylic acid groups (broad SMARTS) is 1. The zero-order chi connectivity index (χ0) is 14.4. The SMILES string of the molecule is O=C(CCOc1ccccc1)N[C@H]1CC[C@@H](C(=O)O)C1. The number of benzene rings is 1. The van der Waals surface area contributed by atoms with E-state index >= 15 is 0 Å². The number of carbonyl (C=O) groups excluding carboxylic acids is 1. The Hall–Kier alpha value is -2.04. The fourth-order valence-corrected chi connectivity index (χ4v) is 2.42. The van der Waals surface area contributed by atoms with Crippen LogP contribution in [0.3, 0.4) is 0 Å². The highest BCUT2D eigenvalue weighted by Gasteiger charge is 2.30. The van der Waals surface area contributed by atoms with E-state index in [1.165, 1.54) is 0 Å². The summed E-state index contributed by atoms with van der Waals surface area (Å²) in [5.41, 5.74) is 0. The summed E-state index contributed by atoms with van der Waals surface area (Å²) >= 11 is 0. The van der Waals surface area contributed by atoms with Gasteiger partial charge in [-0.3, -0.25) is 9.59 Å². The molecule has 2 N–H and O–H groups in total. The molecule has 5 nitrogen and oxygen atoms in total. The molecule has 2 rings (SSSR count). The van der Waals surface area contributed by atoms with E-state index < -0.39 is 5.97 Å². The number of hydrogen-bond acceptors (Lipinski definition) is 3. The number of nitrogens with one attached hydrogen (secondary N) is 1. The van der Waals surface area contributed by atoms with Crippen molar-refractivity contribution in [3.05, 3.63) is 30.3 Å². The minimum atomic E-state index is -0.769. The molecule has 0 radical (unpaired) electrons. The van der Waals surface area contributed by atoms with Crippen LogP contribution in [-0.2, 0) is 9.59 Å². The van der Waals surface area contributed by atoms with Gasteiger partial charge in [0.05, 0.1) is 18.9 Å². The molecule has 1 aromatic carbocycles. The molecule has 0 spiro atoms. The van der Waals surface area contributed by atoms with Crippen molar-refractivity contribution in [3.63, 3.8) is 0 Å². The molecule has 0 unspecified atom stereocenters. The Morgan fingerprint density at radius 3 is 2.65 bits per heavy atom. The molecule has 1 fully saturated rings. The number of amides is 1. The Morgan fingerprint density at radius 1 is 1.25 bits per heavy atom. The Bertz CT molecular complexity index is 460. The normalized spacial score (nSPS) is 21.4. The molecule has 0 saturated heterocycles. The van der Waals surface area contributed by atoms with Crippen molar-refractivity contribution in [2.75, 3.05) is 6.61 Å². The summed E-state index contributed by atoms with van der Waals surface area (Å²) in [5, 5.41) is 11.8. The van der Waals surface area contributed by atoms with E-state index in [2.05, 4.69) is 5.32 Å². The molecular weight excluding hydrogens is 258 g/mol. The number of ether oxygens (including phenoxy) is 1. The first kappa shape index (κ1) is 14.4. The number of carboxylic acids is 1. The van der Waals surface area contributed by atoms with Crippen molar-refractivity contribution in [1.29, 1.82) is 0 Å². The maximum absolute atomic E-state index is 11.7. The van der Waals surface area contributed by atoms with Crippen LogP contribution in [0.5, 0.6) is 5.75 Å². The first-order chi connectivity index (χ1) is 9.65. The van der Waals surface area contributed by atoms with E-state index in [1.807, 2.05) is 30.3 Å². The third kappa shape index (κ3) is 4.26. The highest BCUT2D eigenvalue weighted by molar-refractivity contribution is 5.77. The van der Waals surface area contributed by atoms with Crippen molar-refractivity contribution in [1.82, 2.24) is 5.32 Å². The maximum atomic E-state index is 11.7. The predicted molar refractivity (Wildman–Crippen MR) is 73.5 cm³/mol. The number of carbonyl (C=O) groups is 2. The molecule has 1 aliphatic rings. The maximum Gasteiger partial charge on any atom is 0.306 e. The lowest BCUT2D eigenvalue weighted by atomic mass is 10.1. The molecular formula is C15H19NO4. The smallest absolute Gasteiger partial charge is 0.306 e. The van der Waals surface area contributed by atoms with Crippen LogP contribution in [-0.4, -0.2) is 29.6 Å². The van der Waals surface area contributed by atoms with Crippen LogP contribution in [0.2, 0.25) is 0 Å². The second-order valence-electron chi connectivity index (χ2n) is 5.02. The molecule has 0 aliphatic heterocycles. The fourth-order valence-electron chi connectivity index (χ4n) is 2.42. The van der Waals surface area contributed by atoms with Crippen LogP contribution in [0.1, 0.15) is 25.7 Å². The molecule has 20 heavy (non-hydrogen) atoms. The quantitative estimate of drug-likeness (QED) is 0.831. The van der Waals surface area contributed by atoms with E-state index in [-0.39, 0.29) is 24.3 Å². The molecule has 1 aromatic rings. The molecule has 5 heteroatoms. The average molecular weight is 277 g/mol. The lowest BCUT2D eigenvalue weighted by Crippen LogP contribution is -2.34. The summed E-state index contributed by atoms with van der Waals surface area (Å²) in [6.07, 6.45) is 2.19. The second kappa shape index (κ2) is 6.93. The van der Waals surface area contributed by atoms with Gasteiger partial charge in [0.15, 0.2) is 0 Å². The number of rotatable bonds is 6. The van der Waals surface area contributed by atoms with Crippen molar-refractivity contribution in [2.24, 2.45) is 5.92 Å². The average Bonchev–Trinajstić information content (AvgIpc) is 2.88. The number of hydrogen-bond donors (Lipinski definition) is 2. The van der Waals surface area contributed by atoms with Crippen LogP contribution in [0.25, 0.3) is 0 Å². The van der Waals surface area contributed by atoms with Gasteiger partial charge in [-0.15, -0.1) is 0 Å². The van der Waals surface area contributed by atoms with Gasteiger partial charge in [0.1, 0.15) is 5.75 Å². The van der Waals surface area contributed by atoms with Crippen LogP contribution in [0.15, 0.2) is 30.3 Å². The van der Waals surface area contributed by atoms with E-state index in [0.29, 0.717) is 19.4 Å². The molecule has 108 valence electrons. The Kier molecular flexibility index (Phi) is 4.98. The first-order valence-electron chi connectivity index (χ1n) is 6.85. The summed E-state index contributed by atoms with van der Waals surface area (Å²) in [7, 11) is 0. The van der Waals surface area contributed by atoms with E-state index in [4.69, 9.17) is 9.84 Å². The zero-order valence-corrected chi connectivity index (χ0v) is 11.2. The Morgan fingerprint density at radius 2 is 2.00 bits per heavy atom. The summed E-state index contributed by atoms with van der Waals surface area (Å²) < 4.78 is 5.45. The predicted octanol–water partition coefficient (Wildman–Crippen LogP) is 1.82. The van der Waals surface area contributed by atoms with Crippen molar-refractivity contribution in [3.8, 4) is 5.75 Å². The van der Waals surface area contributed by atoms with Gasteiger partial charge >= 0.3 is 5.97 Å². The van der Waals surface area contributed by atoms with Crippen LogP contribution in [0.4, 0.5) is 0 Å². The van der Waals surface area contributed by atoms with Gasteiger partial charge in [-0.25, -0.2) is 0 Å². The van der Waals surface area contributed by atoms with Crippen LogP contribution >= 0.6 is 0 Å². The summed E-state index contributed by atoms with van der Waals surface area (Å²) in [5.74, 6) is -0.431. The Balaban J connectivity index is 1.65. The summed E-state index contributed by atoms with van der Waals surface area (Å²) in [6.45, 7) is 0.324. The van der Waals surface area contributed by atoms with Gasteiger partial charge in [-0.2, -0.15) is 0 Å². The third-order valence-corrected chi connectivity index (χ3v) is 3.49. The van der Waals surface area contributed by atoms with Crippen LogP contribution < -0.4 is 10.1 Å². The zero-order valence-electron chi connectivity index (χ0n) is 11.2. The minimum absolute atomic E-state index is 0.0136. The van der Waals surface area contributed by atoms with E-state index in [9.17, 15) is 9.59 Å². The topological polar surface area (TPSA) is 75.6 Å². The van der Waals surface area contributed by atoms with E-state index in [1.54, 1.807) is 0 Å². The summed E-state index contributed by atoms with van der Waals surface area (Å²) in [6, 6.07) is 9.32. The molecule has 2 atom stereocenters. The van der Waals surface area contributed by atoms with Gasteiger partial charge < -0.3 is 15.2 Å². The van der Waals surface area contributed by atoms with Crippen LogP contribution in [0, 0.1) is 5.92 Å². The van der Waals surface area contributed by atoms with Gasteiger partial charge in [-0.1, -0.05) is 18.2 Å². The van der Waals surface area contributed by atoms with Gasteiger partial charge in [0, 0.05) is 6.04 Å². The standard InChI is InChI=1S/C15H19NO4/c17-14(8-9-20-13-4-2-1-3-5-13)16-12-7-6-11(10-12)15(18)19/h1-5,11-12H,6-10H2,(H,16,17)(H,18,19)/t11-,12+/m1/s1. The van der Waals surface area contributed by atoms with Gasteiger partial charge in [-0.05, 0) is 31.4 Å². The van der Waals surface area contributed by atoms with Crippen molar-refractivity contribution < 1.29 is 19.4 Å². The van der Waals surface area contributed by atoms with Crippen molar-refractivity contribution in [2.45, 2.75) is 31.7 Å². The highest BCUT2D eigenvalue weighted by atomic mass is 16.5. The number of para-hydroxylation sites is 1. The third-order valence-electron chi connectivity index (χ3n) is 3.49. The van der Waals surface area contributed by atoms with Gasteiger partial charge in [0.2, 0.25) is 5.91 Å². The Labute approximate surface area is 117 Å². The monoisotopic (exact) mass is 277 g/mol. The molecule has 0 heterocycles. The van der Waals surface area contributed by atoms with Crippen molar-refractivity contribution >= 4 is 11.9 Å². The first-order valence-corrected chi connectivity index (χ1v) is 6.85. The highest BCUT2D eigenvalue weighted by Crippen LogP contribution is 2.25.